The van der Waals surface area contributed by atoms with E-state index in [9.17, 15) is 9.18 Å². The van der Waals surface area contributed by atoms with Gasteiger partial charge in [0.2, 0.25) is 0 Å². The van der Waals surface area contributed by atoms with E-state index in [1.165, 1.54) is 75.5 Å². The Kier molecular flexibility index (Phi) is 12.5. The Morgan fingerprint density at radius 2 is 1.41 bits per heavy atom. The fraction of sp³-hybridized carbons (Fsp3) is 0.536. The number of aryl methyl sites for hydroxylation is 1. The van der Waals surface area contributed by atoms with Gasteiger partial charge in [0.25, 0.3) is 0 Å². The van der Waals surface area contributed by atoms with Gasteiger partial charge in [-0.3, -0.25) is 0 Å². The molecule has 0 aromatic heterocycles. The number of unbranched alkanes of at least 4 members (excludes halogenated alkanes) is 9. The number of rotatable bonds is 16. The van der Waals surface area contributed by atoms with Gasteiger partial charge in [-0.15, -0.1) is 0 Å². The molecule has 32 heavy (non-hydrogen) atoms. The summed E-state index contributed by atoms with van der Waals surface area (Å²) in [5, 5.41) is 0. The van der Waals surface area contributed by atoms with Crippen LogP contribution in [0.1, 0.15) is 100 Å². The van der Waals surface area contributed by atoms with Crippen LogP contribution < -0.4 is 9.47 Å². The fourth-order valence-electron chi connectivity index (χ4n) is 3.63. The largest absolute Gasteiger partial charge is 0.491 e. The van der Waals surface area contributed by atoms with E-state index in [2.05, 4.69) is 13.8 Å². The average Bonchev–Trinajstić information content (AvgIpc) is 2.80. The topological polar surface area (TPSA) is 35.5 Å². The zero-order valence-corrected chi connectivity index (χ0v) is 19.8. The molecule has 0 heterocycles. The van der Waals surface area contributed by atoms with E-state index in [0.29, 0.717) is 12.2 Å². The number of halogens is 1. The van der Waals surface area contributed by atoms with E-state index in [4.69, 9.17) is 9.47 Å². The van der Waals surface area contributed by atoms with E-state index in [0.717, 1.165) is 19.3 Å². The molecule has 2 aromatic carbocycles. The molecule has 0 aliphatic carbocycles. The molecule has 0 amide bonds. The summed E-state index contributed by atoms with van der Waals surface area (Å²) in [6.07, 6.45) is 14.2. The van der Waals surface area contributed by atoms with Gasteiger partial charge in [-0.2, -0.15) is 0 Å². The van der Waals surface area contributed by atoms with Crippen molar-refractivity contribution in [3.63, 3.8) is 0 Å². The maximum absolute atomic E-state index is 14.3. The number of hydrogen-bond acceptors (Lipinski definition) is 3. The van der Waals surface area contributed by atoms with E-state index in [1.54, 1.807) is 18.2 Å². The number of carbonyl (C=O) groups is 1. The molecule has 0 saturated heterocycles. The van der Waals surface area contributed by atoms with Gasteiger partial charge in [-0.1, -0.05) is 83.8 Å². The van der Waals surface area contributed by atoms with Crippen molar-refractivity contribution in [2.24, 2.45) is 0 Å². The van der Waals surface area contributed by atoms with Crippen LogP contribution in [0.15, 0.2) is 42.5 Å². The van der Waals surface area contributed by atoms with Crippen molar-refractivity contribution in [1.29, 1.82) is 0 Å². The third-order valence-corrected chi connectivity index (χ3v) is 5.63. The van der Waals surface area contributed by atoms with Crippen molar-refractivity contribution in [2.45, 2.75) is 90.9 Å². The van der Waals surface area contributed by atoms with Crippen molar-refractivity contribution >= 4 is 5.97 Å². The Bertz CT molecular complexity index is 786. The van der Waals surface area contributed by atoms with Crippen molar-refractivity contribution in [3.8, 4) is 11.5 Å². The van der Waals surface area contributed by atoms with E-state index >= 15 is 0 Å². The lowest BCUT2D eigenvalue weighted by atomic mass is 10.0. The summed E-state index contributed by atoms with van der Waals surface area (Å²) >= 11 is 0. The van der Waals surface area contributed by atoms with Crippen molar-refractivity contribution in [3.05, 3.63) is 59.4 Å². The normalized spacial score (nSPS) is 10.8. The first kappa shape index (κ1) is 25.9. The van der Waals surface area contributed by atoms with Gasteiger partial charge in [0, 0.05) is 6.07 Å². The predicted molar refractivity (Wildman–Crippen MR) is 129 cm³/mol. The van der Waals surface area contributed by atoms with Crippen LogP contribution >= 0.6 is 0 Å². The van der Waals surface area contributed by atoms with Crippen LogP contribution in [0.4, 0.5) is 4.39 Å². The Balaban J connectivity index is 1.76. The Hall–Kier alpha value is -2.36. The van der Waals surface area contributed by atoms with E-state index in [-0.39, 0.29) is 11.5 Å². The van der Waals surface area contributed by atoms with Gasteiger partial charge in [-0.25, -0.2) is 9.18 Å². The Labute approximate surface area is 193 Å². The number of carbonyl (C=O) groups excluding carboxylic acids is 1. The molecule has 0 atom stereocenters. The Morgan fingerprint density at radius 1 is 0.781 bits per heavy atom. The van der Waals surface area contributed by atoms with Crippen LogP contribution in [0.2, 0.25) is 0 Å². The van der Waals surface area contributed by atoms with Crippen LogP contribution in [-0.2, 0) is 6.42 Å². The molecule has 0 aliphatic heterocycles. The first-order valence-corrected chi connectivity index (χ1v) is 12.4. The molecule has 3 nitrogen and oxygen atoms in total. The summed E-state index contributed by atoms with van der Waals surface area (Å²) in [6, 6.07) is 11.8. The molecule has 4 heteroatoms. The van der Waals surface area contributed by atoms with Crippen LogP contribution in [0.5, 0.6) is 11.5 Å². The zero-order chi connectivity index (χ0) is 23.0. The third kappa shape index (κ3) is 9.84. The maximum Gasteiger partial charge on any atom is 0.343 e. The second kappa shape index (κ2) is 15.4. The standard InChI is InChI=1S/C28H39FO3/c1-3-5-7-9-10-12-14-23-15-17-24(18-16-23)28(30)32-25-19-20-27(26(29)22-25)31-21-13-11-8-6-4-2/h15-20,22H,3-14,21H2,1-2H3. The predicted octanol–water partition coefficient (Wildman–Crippen LogP) is 8.30. The molecule has 0 unspecified atom stereocenters. The monoisotopic (exact) mass is 442 g/mol. The second-order valence-corrected chi connectivity index (χ2v) is 8.46. The molecule has 176 valence electrons. The lowest BCUT2D eigenvalue weighted by Gasteiger charge is -2.09. The minimum absolute atomic E-state index is 0.180. The SMILES string of the molecule is CCCCCCCCc1ccc(C(=O)Oc2ccc(OCCCCCCC)c(F)c2)cc1. The lowest BCUT2D eigenvalue weighted by Crippen LogP contribution is -2.09. The molecule has 2 rings (SSSR count). The first-order valence-electron chi connectivity index (χ1n) is 12.4. The van der Waals surface area contributed by atoms with Gasteiger partial charge in [0.05, 0.1) is 12.2 Å². The van der Waals surface area contributed by atoms with Crippen LogP contribution in [0.25, 0.3) is 0 Å². The van der Waals surface area contributed by atoms with Gasteiger partial charge >= 0.3 is 5.97 Å². The van der Waals surface area contributed by atoms with Crippen LogP contribution in [-0.4, -0.2) is 12.6 Å². The third-order valence-electron chi connectivity index (χ3n) is 5.63. The molecule has 0 saturated carbocycles. The highest BCUT2D eigenvalue weighted by molar-refractivity contribution is 5.91. The highest BCUT2D eigenvalue weighted by Crippen LogP contribution is 2.24. The lowest BCUT2D eigenvalue weighted by molar-refractivity contribution is 0.0734. The average molecular weight is 443 g/mol. The number of hydrogen-bond donors (Lipinski definition) is 0. The molecule has 0 N–H and O–H groups in total. The van der Waals surface area contributed by atoms with Crippen molar-refractivity contribution < 1.29 is 18.7 Å². The highest BCUT2D eigenvalue weighted by atomic mass is 19.1. The van der Waals surface area contributed by atoms with Crippen molar-refractivity contribution in [2.75, 3.05) is 6.61 Å². The fourth-order valence-corrected chi connectivity index (χ4v) is 3.63. The minimum atomic E-state index is -0.516. The molecular weight excluding hydrogens is 403 g/mol. The molecule has 0 aliphatic rings. The summed E-state index contributed by atoms with van der Waals surface area (Å²) < 4.78 is 25.2. The van der Waals surface area contributed by atoms with Crippen molar-refractivity contribution in [1.82, 2.24) is 0 Å². The molecule has 0 radical (unpaired) electrons. The van der Waals surface area contributed by atoms with Crippen LogP contribution in [0.3, 0.4) is 0 Å². The maximum atomic E-state index is 14.3. The van der Waals surface area contributed by atoms with Gasteiger partial charge < -0.3 is 9.47 Å². The quantitative estimate of drug-likeness (QED) is 0.149. The van der Waals surface area contributed by atoms with Gasteiger partial charge in [0.15, 0.2) is 11.6 Å². The summed E-state index contributed by atoms with van der Waals surface area (Å²) in [5.41, 5.74) is 1.68. The highest BCUT2D eigenvalue weighted by Gasteiger charge is 2.11. The van der Waals surface area contributed by atoms with Gasteiger partial charge in [0.1, 0.15) is 5.75 Å². The van der Waals surface area contributed by atoms with Gasteiger partial charge in [-0.05, 0) is 49.1 Å². The smallest absolute Gasteiger partial charge is 0.343 e. The number of benzene rings is 2. The molecular formula is C28H39FO3. The van der Waals surface area contributed by atoms with E-state index in [1.807, 2.05) is 12.1 Å². The minimum Gasteiger partial charge on any atom is -0.491 e. The summed E-state index contributed by atoms with van der Waals surface area (Å²) in [4.78, 5) is 12.4. The molecule has 0 bridgehead atoms. The molecule has 0 spiro atoms. The first-order chi connectivity index (χ1) is 15.6. The Morgan fingerprint density at radius 3 is 2.06 bits per heavy atom. The number of ether oxygens (including phenoxy) is 2. The molecule has 0 fully saturated rings. The number of esters is 1. The van der Waals surface area contributed by atoms with Crippen LogP contribution in [0, 0.1) is 5.82 Å². The van der Waals surface area contributed by atoms with E-state index < -0.39 is 11.8 Å². The summed E-state index contributed by atoms with van der Waals surface area (Å²) in [7, 11) is 0. The zero-order valence-electron chi connectivity index (χ0n) is 19.8. The summed E-state index contributed by atoms with van der Waals surface area (Å²) in [5.74, 6) is -0.628. The second-order valence-electron chi connectivity index (χ2n) is 8.46. The molecule has 2 aromatic rings. The summed E-state index contributed by atoms with van der Waals surface area (Å²) in [6.45, 7) is 4.89.